The Kier molecular flexibility index (Phi) is 5.99. The number of aliphatic hydroxyl groups is 1. The van der Waals surface area contributed by atoms with Crippen molar-refractivity contribution in [2.75, 3.05) is 0 Å². The third kappa shape index (κ3) is 4.70. The fraction of sp³-hybridized carbons (Fsp3) is 0.500. The maximum absolute atomic E-state index is 12.8. The van der Waals surface area contributed by atoms with Crippen LogP contribution >= 0.6 is 0 Å². The van der Waals surface area contributed by atoms with Crippen LogP contribution in [0.1, 0.15) is 38.3 Å². The lowest BCUT2D eigenvalue weighted by Gasteiger charge is -2.29. The van der Waals surface area contributed by atoms with Crippen LogP contribution in [0.3, 0.4) is 0 Å². The van der Waals surface area contributed by atoms with Crippen molar-refractivity contribution >= 4 is 11.8 Å². The number of rotatable bonds is 6. The summed E-state index contributed by atoms with van der Waals surface area (Å²) >= 11 is 0. The third-order valence-electron chi connectivity index (χ3n) is 3.81. The summed E-state index contributed by atoms with van der Waals surface area (Å²) in [5.41, 5.74) is 2.44. The molecule has 0 aromatic heterocycles. The van der Waals surface area contributed by atoms with E-state index in [-0.39, 0.29) is 17.9 Å². The zero-order valence-electron chi connectivity index (χ0n) is 13.6. The Morgan fingerprint density at radius 1 is 1.25 bits per heavy atom. The molecule has 24 heavy (non-hydrogen) atoms. The van der Waals surface area contributed by atoms with E-state index in [2.05, 4.69) is 5.32 Å². The lowest BCUT2D eigenvalue weighted by atomic mass is 9.89. The summed E-state index contributed by atoms with van der Waals surface area (Å²) in [6.07, 6.45) is -5.82. The number of benzene rings is 1. The Morgan fingerprint density at radius 3 is 2.25 bits per heavy atom. The normalized spacial score (nSPS) is 15.7. The van der Waals surface area contributed by atoms with Crippen LogP contribution in [-0.4, -0.2) is 23.0 Å². The van der Waals surface area contributed by atoms with Gasteiger partial charge in [0.05, 0.1) is 18.1 Å². The molecule has 1 aromatic carbocycles. The second kappa shape index (κ2) is 7.21. The molecule has 2 unspecified atom stereocenters. The predicted octanol–water partition coefficient (Wildman–Crippen LogP) is 1.93. The summed E-state index contributed by atoms with van der Waals surface area (Å²) in [4.78, 5) is 23.8. The van der Waals surface area contributed by atoms with Crippen LogP contribution in [0.5, 0.6) is 0 Å². The van der Waals surface area contributed by atoms with Gasteiger partial charge in [0.2, 0.25) is 11.8 Å². The molecule has 5 nitrogen and oxygen atoms in total. The quantitative estimate of drug-likeness (QED) is 0.735. The van der Waals surface area contributed by atoms with E-state index in [1.54, 1.807) is 13.8 Å². The number of carbonyl (C=O) groups excluding carboxylic acids is 2. The third-order valence-corrected chi connectivity index (χ3v) is 3.81. The first-order valence-electron chi connectivity index (χ1n) is 7.34. The molecule has 0 radical (unpaired) electrons. The molecular weight excluding hydrogens is 325 g/mol. The maximum Gasteiger partial charge on any atom is 0.416 e. The van der Waals surface area contributed by atoms with Gasteiger partial charge in [0, 0.05) is 0 Å². The smallest absolute Gasteiger partial charge is 0.392 e. The monoisotopic (exact) mass is 346 g/mol. The Labute approximate surface area is 138 Å². The standard InChI is InChI=1S/C16H21F3N2O3/c1-9(2)12(22)8-13(23)21-15(3,14(20)24)10-5-4-6-11(7-10)16(17,18)19/h4-7,9,12,22H,8H2,1-3H3,(H2,20,24)(H,21,23). The minimum absolute atomic E-state index is 0.0859. The molecule has 2 atom stereocenters. The van der Waals surface area contributed by atoms with Crippen molar-refractivity contribution in [2.24, 2.45) is 11.7 Å². The van der Waals surface area contributed by atoms with E-state index in [9.17, 15) is 27.9 Å². The zero-order chi connectivity index (χ0) is 18.7. The van der Waals surface area contributed by atoms with Gasteiger partial charge in [-0.05, 0) is 30.5 Å². The highest BCUT2D eigenvalue weighted by molar-refractivity contribution is 5.91. The number of alkyl halides is 3. The van der Waals surface area contributed by atoms with Crippen molar-refractivity contribution in [3.8, 4) is 0 Å². The van der Waals surface area contributed by atoms with Gasteiger partial charge in [-0.25, -0.2) is 0 Å². The first kappa shape index (κ1) is 20.0. The van der Waals surface area contributed by atoms with Gasteiger partial charge >= 0.3 is 6.18 Å². The molecular formula is C16H21F3N2O3. The number of hydrogen-bond acceptors (Lipinski definition) is 3. The number of nitrogens with one attached hydrogen (secondary N) is 1. The maximum atomic E-state index is 12.8. The Morgan fingerprint density at radius 2 is 1.79 bits per heavy atom. The number of amides is 2. The molecule has 0 aliphatic carbocycles. The molecule has 1 aromatic rings. The van der Waals surface area contributed by atoms with Crippen molar-refractivity contribution < 1.29 is 27.9 Å². The average Bonchev–Trinajstić information content (AvgIpc) is 2.45. The molecule has 2 amide bonds. The molecule has 0 saturated heterocycles. The molecule has 0 fully saturated rings. The van der Waals surface area contributed by atoms with Gasteiger partial charge in [0.1, 0.15) is 5.54 Å². The molecule has 0 saturated carbocycles. The van der Waals surface area contributed by atoms with Crippen LogP contribution in [0.4, 0.5) is 13.2 Å². The fourth-order valence-corrected chi connectivity index (χ4v) is 2.04. The molecule has 0 heterocycles. The largest absolute Gasteiger partial charge is 0.416 e. The molecule has 0 aliphatic rings. The van der Waals surface area contributed by atoms with E-state index in [0.717, 1.165) is 18.2 Å². The second-order valence-corrected chi connectivity index (χ2v) is 6.13. The highest BCUT2D eigenvalue weighted by Gasteiger charge is 2.38. The Hall–Kier alpha value is -2.09. The van der Waals surface area contributed by atoms with E-state index in [1.165, 1.54) is 13.0 Å². The molecule has 8 heteroatoms. The highest BCUT2D eigenvalue weighted by Crippen LogP contribution is 2.32. The van der Waals surface area contributed by atoms with Crippen LogP contribution in [0.15, 0.2) is 24.3 Å². The molecule has 134 valence electrons. The van der Waals surface area contributed by atoms with Crippen LogP contribution < -0.4 is 11.1 Å². The summed E-state index contributed by atoms with van der Waals surface area (Å²) in [6.45, 7) is 4.64. The topological polar surface area (TPSA) is 92.4 Å². The highest BCUT2D eigenvalue weighted by atomic mass is 19.4. The minimum Gasteiger partial charge on any atom is -0.392 e. The Balaban J connectivity index is 3.13. The Bertz CT molecular complexity index is 617. The molecule has 0 bridgehead atoms. The number of nitrogens with two attached hydrogens (primary N) is 1. The SMILES string of the molecule is CC(C)C(O)CC(=O)NC(C)(C(N)=O)c1cccc(C(F)(F)F)c1. The summed E-state index contributed by atoms with van der Waals surface area (Å²) < 4.78 is 38.5. The van der Waals surface area contributed by atoms with Gasteiger partial charge in [0.15, 0.2) is 0 Å². The molecule has 1 rings (SSSR count). The second-order valence-electron chi connectivity index (χ2n) is 6.13. The van der Waals surface area contributed by atoms with E-state index in [4.69, 9.17) is 5.73 Å². The molecule has 4 N–H and O–H groups in total. The van der Waals surface area contributed by atoms with Crippen molar-refractivity contribution in [3.63, 3.8) is 0 Å². The van der Waals surface area contributed by atoms with Crippen LogP contribution in [0.2, 0.25) is 0 Å². The van der Waals surface area contributed by atoms with Crippen molar-refractivity contribution in [1.29, 1.82) is 0 Å². The van der Waals surface area contributed by atoms with Crippen LogP contribution in [0.25, 0.3) is 0 Å². The minimum atomic E-state index is -4.59. The van der Waals surface area contributed by atoms with Gasteiger partial charge in [-0.1, -0.05) is 26.0 Å². The van der Waals surface area contributed by atoms with E-state index >= 15 is 0 Å². The fourth-order valence-electron chi connectivity index (χ4n) is 2.04. The van der Waals surface area contributed by atoms with Crippen molar-refractivity contribution in [3.05, 3.63) is 35.4 Å². The number of halogens is 3. The number of carbonyl (C=O) groups is 2. The first-order chi connectivity index (χ1) is 10.9. The van der Waals surface area contributed by atoms with Gasteiger partial charge < -0.3 is 16.2 Å². The van der Waals surface area contributed by atoms with Crippen molar-refractivity contribution in [2.45, 2.75) is 45.0 Å². The predicted molar refractivity (Wildman–Crippen MR) is 81.6 cm³/mol. The first-order valence-corrected chi connectivity index (χ1v) is 7.34. The molecule has 0 spiro atoms. The van der Waals surface area contributed by atoms with Gasteiger partial charge in [0.25, 0.3) is 0 Å². The molecule has 0 aliphatic heterocycles. The van der Waals surface area contributed by atoms with Gasteiger partial charge in [-0.3, -0.25) is 9.59 Å². The summed E-state index contributed by atoms with van der Waals surface area (Å²) in [6, 6.07) is 4.03. The van der Waals surface area contributed by atoms with E-state index in [0.29, 0.717) is 0 Å². The van der Waals surface area contributed by atoms with E-state index in [1.807, 2.05) is 0 Å². The lowest BCUT2D eigenvalue weighted by molar-refractivity contribution is -0.138. The van der Waals surface area contributed by atoms with Gasteiger partial charge in [-0.15, -0.1) is 0 Å². The number of hydrogen-bond donors (Lipinski definition) is 3. The van der Waals surface area contributed by atoms with Crippen molar-refractivity contribution in [1.82, 2.24) is 5.32 Å². The number of primary amides is 1. The zero-order valence-corrected chi connectivity index (χ0v) is 13.6. The summed E-state index contributed by atoms with van der Waals surface area (Å²) in [5, 5.41) is 12.1. The van der Waals surface area contributed by atoms with Crippen LogP contribution in [-0.2, 0) is 21.3 Å². The van der Waals surface area contributed by atoms with Crippen LogP contribution in [0, 0.1) is 5.92 Å². The van der Waals surface area contributed by atoms with Gasteiger partial charge in [-0.2, -0.15) is 13.2 Å². The average molecular weight is 346 g/mol. The van der Waals surface area contributed by atoms with E-state index < -0.39 is 35.2 Å². The number of aliphatic hydroxyl groups excluding tert-OH is 1. The summed E-state index contributed by atoms with van der Waals surface area (Å²) in [7, 11) is 0. The summed E-state index contributed by atoms with van der Waals surface area (Å²) in [5.74, 6) is -1.88. The lowest BCUT2D eigenvalue weighted by Crippen LogP contribution is -2.53.